The lowest BCUT2D eigenvalue weighted by Gasteiger charge is -2.18. The highest BCUT2D eigenvalue weighted by molar-refractivity contribution is 9.10. The Kier molecular flexibility index (Phi) is 6.37. The number of likely N-dealkylation sites (N-methyl/N-ethyl adjacent to an activating group) is 1. The van der Waals surface area contributed by atoms with Crippen LogP contribution in [0.2, 0.25) is 0 Å². The molecule has 5 heteroatoms. The zero-order valence-electron chi connectivity index (χ0n) is 15.0. The molecule has 0 bridgehead atoms. The predicted octanol–water partition coefficient (Wildman–Crippen LogP) is 4.01. The molecule has 0 fully saturated rings. The van der Waals surface area contributed by atoms with E-state index in [1.165, 1.54) is 4.90 Å². The number of halogens is 1. The maximum atomic E-state index is 12.3. The van der Waals surface area contributed by atoms with Crippen LogP contribution in [0.25, 0.3) is 0 Å². The number of carbonyl (C=O) groups excluding carboxylic acids is 2. The molecule has 2 rings (SSSR count). The Morgan fingerprint density at radius 1 is 1.04 bits per heavy atom. The third-order valence-corrected chi connectivity index (χ3v) is 4.55. The van der Waals surface area contributed by atoms with E-state index in [0.717, 1.165) is 32.4 Å². The van der Waals surface area contributed by atoms with Crippen molar-refractivity contribution in [3.63, 3.8) is 0 Å². The molecule has 25 heavy (non-hydrogen) atoms. The van der Waals surface area contributed by atoms with Gasteiger partial charge in [0.1, 0.15) is 0 Å². The van der Waals surface area contributed by atoms with E-state index in [2.05, 4.69) is 21.2 Å². The molecule has 0 saturated heterocycles. The number of hydrogen-bond donors (Lipinski definition) is 1. The maximum Gasteiger partial charge on any atom is 0.243 e. The smallest absolute Gasteiger partial charge is 0.243 e. The van der Waals surface area contributed by atoms with Crippen LogP contribution in [0.15, 0.2) is 40.9 Å². The summed E-state index contributed by atoms with van der Waals surface area (Å²) in [6.07, 6.45) is 0.277. The van der Waals surface area contributed by atoms with Crippen molar-refractivity contribution in [1.29, 1.82) is 0 Å². The zero-order chi connectivity index (χ0) is 18.6. The SMILES string of the molecule is Cc1cc(C)c(NC(=O)CN(C)C(=O)Cc2ccc(Br)cc2)c(C)c1. The fourth-order valence-corrected chi connectivity index (χ4v) is 3.04. The first-order valence-corrected chi connectivity index (χ1v) is 8.91. The van der Waals surface area contributed by atoms with E-state index in [1.54, 1.807) is 7.05 Å². The van der Waals surface area contributed by atoms with Crippen LogP contribution < -0.4 is 5.32 Å². The summed E-state index contributed by atoms with van der Waals surface area (Å²) in [4.78, 5) is 26.1. The van der Waals surface area contributed by atoms with Gasteiger partial charge in [0.25, 0.3) is 0 Å². The molecule has 0 saturated carbocycles. The number of amides is 2. The van der Waals surface area contributed by atoms with Crippen LogP contribution in [-0.2, 0) is 16.0 Å². The summed E-state index contributed by atoms with van der Waals surface area (Å²) >= 11 is 3.37. The molecule has 2 aromatic rings. The van der Waals surface area contributed by atoms with Crippen molar-refractivity contribution >= 4 is 33.4 Å². The number of nitrogens with zero attached hydrogens (tertiary/aromatic N) is 1. The second-order valence-corrected chi connectivity index (χ2v) is 7.29. The minimum Gasteiger partial charge on any atom is -0.336 e. The zero-order valence-corrected chi connectivity index (χ0v) is 16.6. The largest absolute Gasteiger partial charge is 0.336 e. The van der Waals surface area contributed by atoms with Gasteiger partial charge in [-0.05, 0) is 49.6 Å². The van der Waals surface area contributed by atoms with Crippen molar-refractivity contribution in [1.82, 2.24) is 4.90 Å². The molecule has 2 aromatic carbocycles. The molecule has 4 nitrogen and oxygen atoms in total. The van der Waals surface area contributed by atoms with Gasteiger partial charge in [0.2, 0.25) is 11.8 Å². The molecule has 0 spiro atoms. The molecule has 132 valence electrons. The molecule has 0 heterocycles. The van der Waals surface area contributed by atoms with E-state index in [-0.39, 0.29) is 24.8 Å². The Morgan fingerprint density at radius 2 is 1.60 bits per heavy atom. The summed E-state index contributed by atoms with van der Waals surface area (Å²) in [6, 6.07) is 11.7. The van der Waals surface area contributed by atoms with E-state index < -0.39 is 0 Å². The molecule has 0 aliphatic rings. The van der Waals surface area contributed by atoms with Gasteiger partial charge in [0.05, 0.1) is 13.0 Å². The minimum atomic E-state index is -0.193. The first kappa shape index (κ1) is 19.2. The van der Waals surface area contributed by atoms with Crippen molar-refractivity contribution in [2.75, 3.05) is 18.9 Å². The van der Waals surface area contributed by atoms with Crippen molar-refractivity contribution < 1.29 is 9.59 Å². The first-order chi connectivity index (χ1) is 11.8. The summed E-state index contributed by atoms with van der Waals surface area (Å²) in [6.45, 7) is 6.00. The summed E-state index contributed by atoms with van der Waals surface area (Å²) in [5.41, 5.74) is 4.95. The number of rotatable bonds is 5. The molecule has 0 radical (unpaired) electrons. The van der Waals surface area contributed by atoms with Crippen LogP contribution in [-0.4, -0.2) is 30.3 Å². The Balaban J connectivity index is 1.95. The normalized spacial score (nSPS) is 10.4. The molecular formula is C20H23BrN2O2. The average Bonchev–Trinajstić information content (AvgIpc) is 2.53. The van der Waals surface area contributed by atoms with Crippen molar-refractivity contribution in [2.45, 2.75) is 27.2 Å². The lowest BCUT2D eigenvalue weighted by atomic mass is 10.1. The lowest BCUT2D eigenvalue weighted by Crippen LogP contribution is -2.36. The number of carbonyl (C=O) groups is 2. The fourth-order valence-electron chi connectivity index (χ4n) is 2.77. The molecule has 0 aliphatic carbocycles. The van der Waals surface area contributed by atoms with E-state index in [4.69, 9.17) is 0 Å². The van der Waals surface area contributed by atoms with Crippen LogP contribution in [0.1, 0.15) is 22.3 Å². The summed E-state index contributed by atoms with van der Waals surface area (Å²) in [5, 5.41) is 2.92. The number of benzene rings is 2. The lowest BCUT2D eigenvalue weighted by molar-refractivity contribution is -0.132. The fraction of sp³-hybridized carbons (Fsp3) is 0.300. The molecular weight excluding hydrogens is 380 g/mol. The Morgan fingerprint density at radius 3 is 2.16 bits per heavy atom. The van der Waals surface area contributed by atoms with E-state index in [9.17, 15) is 9.59 Å². The molecule has 0 unspecified atom stereocenters. The van der Waals surface area contributed by atoms with E-state index in [1.807, 2.05) is 57.2 Å². The van der Waals surface area contributed by atoms with Gasteiger partial charge in [0, 0.05) is 17.2 Å². The molecule has 0 atom stereocenters. The summed E-state index contributed by atoms with van der Waals surface area (Å²) < 4.78 is 0.972. The van der Waals surface area contributed by atoms with E-state index >= 15 is 0 Å². The molecule has 0 aromatic heterocycles. The van der Waals surface area contributed by atoms with Gasteiger partial charge >= 0.3 is 0 Å². The molecule has 2 amide bonds. The van der Waals surface area contributed by atoms with Crippen LogP contribution >= 0.6 is 15.9 Å². The van der Waals surface area contributed by atoms with Gasteiger partial charge in [-0.25, -0.2) is 0 Å². The Labute approximate surface area is 157 Å². The Hall–Kier alpha value is -2.14. The number of aryl methyl sites for hydroxylation is 3. The number of anilines is 1. The van der Waals surface area contributed by atoms with Gasteiger partial charge < -0.3 is 10.2 Å². The van der Waals surface area contributed by atoms with Crippen LogP contribution in [0.4, 0.5) is 5.69 Å². The highest BCUT2D eigenvalue weighted by Gasteiger charge is 2.15. The second-order valence-electron chi connectivity index (χ2n) is 6.37. The standard InChI is InChI=1S/C20H23BrN2O2/c1-13-9-14(2)20(15(3)10-13)22-18(24)12-23(4)19(25)11-16-5-7-17(21)8-6-16/h5-10H,11-12H2,1-4H3,(H,22,24). The van der Waals surface area contributed by atoms with Gasteiger partial charge in [-0.2, -0.15) is 0 Å². The van der Waals surface area contributed by atoms with Gasteiger partial charge in [-0.1, -0.05) is 45.8 Å². The maximum absolute atomic E-state index is 12.3. The third-order valence-electron chi connectivity index (χ3n) is 4.02. The molecule has 1 N–H and O–H groups in total. The van der Waals surface area contributed by atoms with Crippen LogP contribution in [0.5, 0.6) is 0 Å². The van der Waals surface area contributed by atoms with Gasteiger partial charge in [-0.3, -0.25) is 9.59 Å². The highest BCUT2D eigenvalue weighted by atomic mass is 79.9. The number of nitrogens with one attached hydrogen (secondary N) is 1. The monoisotopic (exact) mass is 402 g/mol. The van der Waals surface area contributed by atoms with Gasteiger partial charge in [0.15, 0.2) is 0 Å². The van der Waals surface area contributed by atoms with Crippen molar-refractivity contribution in [3.05, 3.63) is 63.1 Å². The van der Waals surface area contributed by atoms with Crippen LogP contribution in [0.3, 0.4) is 0 Å². The quantitative estimate of drug-likeness (QED) is 0.820. The third kappa shape index (κ3) is 5.43. The topological polar surface area (TPSA) is 49.4 Å². The van der Waals surface area contributed by atoms with Gasteiger partial charge in [-0.15, -0.1) is 0 Å². The predicted molar refractivity (Wildman–Crippen MR) is 105 cm³/mol. The summed E-state index contributed by atoms with van der Waals surface area (Å²) in [7, 11) is 1.65. The highest BCUT2D eigenvalue weighted by Crippen LogP contribution is 2.21. The summed E-state index contributed by atoms with van der Waals surface area (Å²) in [5.74, 6) is -0.281. The van der Waals surface area contributed by atoms with Crippen molar-refractivity contribution in [3.8, 4) is 0 Å². The Bertz CT molecular complexity index is 762. The van der Waals surface area contributed by atoms with E-state index in [0.29, 0.717) is 0 Å². The average molecular weight is 403 g/mol. The molecule has 0 aliphatic heterocycles. The van der Waals surface area contributed by atoms with Crippen molar-refractivity contribution in [2.24, 2.45) is 0 Å². The first-order valence-electron chi connectivity index (χ1n) is 8.12. The van der Waals surface area contributed by atoms with Crippen LogP contribution in [0, 0.1) is 20.8 Å². The second kappa shape index (κ2) is 8.30. The minimum absolute atomic E-state index is 0.0299. The number of hydrogen-bond acceptors (Lipinski definition) is 2.